The van der Waals surface area contributed by atoms with Crippen LogP contribution < -0.4 is 0 Å². The average molecular weight is 309 g/mol. The Bertz CT molecular complexity index is 597. The van der Waals surface area contributed by atoms with Crippen molar-refractivity contribution in [1.29, 1.82) is 0 Å². The van der Waals surface area contributed by atoms with Crippen LogP contribution in [0.5, 0.6) is 0 Å². The van der Waals surface area contributed by atoms with Crippen molar-refractivity contribution in [3.8, 4) is 0 Å². The zero-order valence-electron chi connectivity index (χ0n) is 13.1. The molecule has 0 unspecified atom stereocenters. The Labute approximate surface area is 129 Å². The fourth-order valence-corrected chi connectivity index (χ4v) is 3.69. The van der Waals surface area contributed by atoms with Crippen molar-refractivity contribution in [1.82, 2.24) is 4.90 Å². The minimum absolute atomic E-state index is 0.0183. The predicted octanol–water partition coefficient (Wildman–Crippen LogP) is 4.22. The van der Waals surface area contributed by atoms with E-state index in [2.05, 4.69) is 0 Å². The van der Waals surface area contributed by atoms with Crippen molar-refractivity contribution in [2.24, 2.45) is 0 Å². The first kappa shape index (κ1) is 15.3. The zero-order valence-corrected chi connectivity index (χ0v) is 13.1. The Kier molecular flexibility index (Phi) is 3.62. The summed E-state index contributed by atoms with van der Waals surface area (Å²) >= 11 is 0. The second kappa shape index (κ2) is 5.21. The lowest BCUT2D eigenvalue weighted by Crippen LogP contribution is -2.40. The molecule has 3 atom stereocenters. The fourth-order valence-electron chi connectivity index (χ4n) is 3.69. The molecule has 2 fully saturated rings. The van der Waals surface area contributed by atoms with Crippen LogP contribution in [0, 0.1) is 11.6 Å². The lowest BCUT2D eigenvalue weighted by Gasteiger charge is -2.28. The number of amides is 1. The van der Waals surface area contributed by atoms with Gasteiger partial charge >= 0.3 is 6.09 Å². The average Bonchev–Trinajstić information content (AvgIpc) is 2.97. The Morgan fingerprint density at radius 1 is 1.23 bits per heavy atom. The second-order valence-electron chi connectivity index (χ2n) is 7.20. The molecule has 22 heavy (non-hydrogen) atoms. The van der Waals surface area contributed by atoms with Gasteiger partial charge in [-0.1, -0.05) is 6.07 Å². The van der Waals surface area contributed by atoms with Crippen LogP contribution in [0.4, 0.5) is 13.6 Å². The number of benzene rings is 1. The van der Waals surface area contributed by atoms with Gasteiger partial charge in [-0.3, -0.25) is 0 Å². The summed E-state index contributed by atoms with van der Waals surface area (Å²) in [5.41, 5.74) is 0.232. The van der Waals surface area contributed by atoms with Crippen molar-refractivity contribution < 1.29 is 18.3 Å². The Morgan fingerprint density at radius 2 is 1.95 bits per heavy atom. The molecule has 0 radical (unpaired) electrons. The third kappa shape index (κ3) is 2.69. The van der Waals surface area contributed by atoms with E-state index in [0.717, 1.165) is 30.9 Å². The van der Waals surface area contributed by atoms with Crippen LogP contribution in [0.1, 0.15) is 51.5 Å². The van der Waals surface area contributed by atoms with Crippen LogP contribution in [-0.2, 0) is 4.74 Å². The normalized spacial score (nSPS) is 27.3. The highest BCUT2D eigenvalue weighted by atomic mass is 19.2. The number of rotatable bonds is 1. The van der Waals surface area contributed by atoms with E-state index in [1.807, 2.05) is 20.8 Å². The number of halogens is 2. The van der Waals surface area contributed by atoms with Crippen molar-refractivity contribution in [2.45, 2.75) is 63.6 Å². The summed E-state index contributed by atoms with van der Waals surface area (Å²) in [6.45, 7) is 5.53. The van der Waals surface area contributed by atoms with Crippen molar-refractivity contribution in [3.05, 3.63) is 35.4 Å². The quantitative estimate of drug-likeness (QED) is 0.777. The van der Waals surface area contributed by atoms with Crippen molar-refractivity contribution in [2.75, 3.05) is 0 Å². The summed E-state index contributed by atoms with van der Waals surface area (Å²) in [6.07, 6.45) is 2.32. The Balaban J connectivity index is 1.81. The first-order chi connectivity index (χ1) is 10.3. The molecule has 1 amide bonds. The van der Waals surface area contributed by atoms with Gasteiger partial charge in [0, 0.05) is 18.0 Å². The summed E-state index contributed by atoms with van der Waals surface area (Å²) < 4.78 is 32.1. The molecule has 0 saturated carbocycles. The Hall–Kier alpha value is -1.65. The first-order valence-corrected chi connectivity index (χ1v) is 7.72. The summed E-state index contributed by atoms with van der Waals surface area (Å²) in [7, 11) is 0. The third-order valence-electron chi connectivity index (χ3n) is 4.51. The van der Waals surface area contributed by atoms with Crippen LogP contribution in [-0.4, -0.2) is 28.7 Å². The van der Waals surface area contributed by atoms with Gasteiger partial charge in [-0.15, -0.1) is 0 Å². The Morgan fingerprint density at radius 3 is 2.59 bits per heavy atom. The minimum Gasteiger partial charge on any atom is -0.444 e. The summed E-state index contributed by atoms with van der Waals surface area (Å²) in [6, 6.07) is 4.20. The van der Waals surface area contributed by atoms with Gasteiger partial charge in [0.1, 0.15) is 5.60 Å². The van der Waals surface area contributed by atoms with E-state index in [1.165, 1.54) is 6.07 Å². The van der Waals surface area contributed by atoms with Gasteiger partial charge in [-0.25, -0.2) is 13.6 Å². The van der Waals surface area contributed by atoms with Gasteiger partial charge in [-0.05, 0) is 57.7 Å². The van der Waals surface area contributed by atoms with E-state index in [1.54, 1.807) is 11.0 Å². The minimum atomic E-state index is -0.837. The highest BCUT2D eigenvalue weighted by molar-refractivity contribution is 5.70. The summed E-state index contributed by atoms with van der Waals surface area (Å²) in [5.74, 6) is -1.61. The van der Waals surface area contributed by atoms with Gasteiger partial charge in [0.2, 0.25) is 0 Å². The summed E-state index contributed by atoms with van der Waals surface area (Å²) in [4.78, 5) is 14.2. The number of hydrogen-bond donors (Lipinski definition) is 0. The number of fused-ring (bicyclic) bond motifs is 2. The topological polar surface area (TPSA) is 29.5 Å². The number of hydrogen-bond acceptors (Lipinski definition) is 2. The highest BCUT2D eigenvalue weighted by Gasteiger charge is 2.50. The molecule has 120 valence electrons. The molecule has 3 nitrogen and oxygen atoms in total. The summed E-state index contributed by atoms with van der Waals surface area (Å²) in [5, 5.41) is 0. The molecule has 0 N–H and O–H groups in total. The smallest absolute Gasteiger partial charge is 0.410 e. The molecule has 1 aromatic carbocycles. The van der Waals surface area contributed by atoms with Crippen molar-refractivity contribution in [3.63, 3.8) is 0 Å². The maximum atomic E-state index is 13.5. The molecule has 2 saturated heterocycles. The molecule has 0 aliphatic carbocycles. The van der Waals surface area contributed by atoms with Gasteiger partial charge in [0.15, 0.2) is 11.6 Å². The van der Waals surface area contributed by atoms with E-state index in [4.69, 9.17) is 4.74 Å². The zero-order chi connectivity index (χ0) is 16.1. The van der Waals surface area contributed by atoms with Crippen LogP contribution in [0.15, 0.2) is 18.2 Å². The van der Waals surface area contributed by atoms with E-state index < -0.39 is 17.2 Å². The lowest BCUT2D eigenvalue weighted by atomic mass is 9.84. The molecule has 1 aromatic rings. The molecule has 2 heterocycles. The lowest BCUT2D eigenvalue weighted by molar-refractivity contribution is 0.0213. The number of carbonyl (C=O) groups excluding carboxylic acids is 1. The monoisotopic (exact) mass is 309 g/mol. The molecule has 5 heteroatoms. The van der Waals surface area contributed by atoms with E-state index >= 15 is 0 Å². The fraction of sp³-hybridized carbons (Fsp3) is 0.588. The maximum Gasteiger partial charge on any atom is 0.410 e. The van der Waals surface area contributed by atoms with Crippen LogP contribution in [0.3, 0.4) is 0 Å². The van der Waals surface area contributed by atoms with E-state index in [9.17, 15) is 13.6 Å². The molecule has 0 spiro atoms. The van der Waals surface area contributed by atoms with Crippen LogP contribution in [0.2, 0.25) is 0 Å². The largest absolute Gasteiger partial charge is 0.444 e. The van der Waals surface area contributed by atoms with Crippen molar-refractivity contribution >= 4 is 6.09 Å². The van der Waals surface area contributed by atoms with Gasteiger partial charge in [-0.2, -0.15) is 0 Å². The predicted molar refractivity (Wildman–Crippen MR) is 78.6 cm³/mol. The highest BCUT2D eigenvalue weighted by Crippen LogP contribution is 2.47. The number of ether oxygens (including phenoxy) is 1. The van der Waals surface area contributed by atoms with Gasteiger partial charge in [0.05, 0.1) is 0 Å². The SMILES string of the molecule is CC(C)(C)OC(=O)N1[C@H]2CC[C@@H]1[C@@H](c1ccc(F)c(F)c1)C2. The standard InChI is InChI=1S/C17H21F2NO2/c1-17(2,3)22-16(21)20-11-5-7-15(20)12(9-11)10-4-6-13(18)14(19)8-10/h4,6,8,11-12,15H,5,7,9H2,1-3H3/t11-,12+,15+/m0/s1. The molecule has 2 aliphatic rings. The number of nitrogens with zero attached hydrogens (tertiary/aromatic N) is 1. The maximum absolute atomic E-state index is 13.5. The molecule has 0 aromatic heterocycles. The van der Waals surface area contributed by atoms with Crippen LogP contribution in [0.25, 0.3) is 0 Å². The van der Waals surface area contributed by atoms with E-state index in [0.29, 0.717) is 0 Å². The second-order valence-corrected chi connectivity index (χ2v) is 7.20. The van der Waals surface area contributed by atoms with E-state index in [-0.39, 0.29) is 24.1 Å². The molecular formula is C17H21F2NO2. The van der Waals surface area contributed by atoms with Gasteiger partial charge < -0.3 is 9.64 Å². The first-order valence-electron chi connectivity index (χ1n) is 7.72. The van der Waals surface area contributed by atoms with Crippen LogP contribution >= 0.6 is 0 Å². The molecule has 2 aliphatic heterocycles. The number of carbonyl (C=O) groups is 1. The van der Waals surface area contributed by atoms with Gasteiger partial charge in [0.25, 0.3) is 0 Å². The molecule has 3 rings (SSSR count). The molecular weight excluding hydrogens is 288 g/mol. The third-order valence-corrected chi connectivity index (χ3v) is 4.51. The molecule has 2 bridgehead atoms.